The van der Waals surface area contributed by atoms with Crippen molar-refractivity contribution in [3.8, 4) is 0 Å². The van der Waals surface area contributed by atoms with Gasteiger partial charge >= 0.3 is 0 Å². The highest BCUT2D eigenvalue weighted by Crippen LogP contribution is 2.41. The lowest BCUT2D eigenvalue weighted by molar-refractivity contribution is -0.132. The highest BCUT2D eigenvalue weighted by molar-refractivity contribution is 6.09. The van der Waals surface area contributed by atoms with Gasteiger partial charge in [-0.05, 0) is 78.7 Å². The number of carbonyl (C=O) groups is 2. The van der Waals surface area contributed by atoms with Gasteiger partial charge in [0.1, 0.15) is 11.2 Å². The zero-order valence-electron chi connectivity index (χ0n) is 18.1. The Morgan fingerprint density at radius 2 is 0.857 bits per heavy atom. The van der Waals surface area contributed by atoms with E-state index in [1.807, 2.05) is 64.1 Å². The zero-order valence-corrected chi connectivity index (χ0v) is 18.1. The molecule has 3 rings (SSSR count). The van der Waals surface area contributed by atoms with Crippen molar-refractivity contribution in [2.24, 2.45) is 0 Å². The van der Waals surface area contributed by atoms with Crippen molar-refractivity contribution >= 4 is 23.7 Å². The molecular weight excluding hydrogens is 352 g/mol. The fourth-order valence-corrected chi connectivity index (χ4v) is 4.17. The first-order chi connectivity index (χ1) is 12.7. The van der Waals surface area contributed by atoms with Crippen LogP contribution in [0.1, 0.15) is 66.5 Å². The molecule has 0 bridgehead atoms. The fraction of sp³-hybridized carbons (Fsp3) is 0.500. The van der Waals surface area contributed by atoms with E-state index in [4.69, 9.17) is 9.47 Å². The van der Waals surface area contributed by atoms with Gasteiger partial charge < -0.3 is 9.47 Å². The summed E-state index contributed by atoms with van der Waals surface area (Å²) >= 11 is 0. The monoisotopic (exact) mass is 382 g/mol. The highest BCUT2D eigenvalue weighted by Gasteiger charge is 2.50. The van der Waals surface area contributed by atoms with Gasteiger partial charge in [0.15, 0.2) is 11.6 Å². The van der Waals surface area contributed by atoms with Crippen LogP contribution in [0, 0.1) is 0 Å². The molecule has 2 aliphatic heterocycles. The topological polar surface area (TPSA) is 52.6 Å². The van der Waals surface area contributed by atoms with E-state index in [9.17, 15) is 9.59 Å². The second kappa shape index (κ2) is 6.23. The van der Waals surface area contributed by atoms with Crippen LogP contribution in [-0.2, 0) is 19.1 Å². The minimum absolute atomic E-state index is 0.0152. The average Bonchev–Trinajstić information content (AvgIpc) is 2.79. The summed E-state index contributed by atoms with van der Waals surface area (Å²) in [7, 11) is 0. The first-order valence-corrected chi connectivity index (χ1v) is 9.70. The molecule has 4 nitrogen and oxygen atoms in total. The van der Waals surface area contributed by atoms with Gasteiger partial charge in [-0.2, -0.15) is 0 Å². The van der Waals surface area contributed by atoms with Gasteiger partial charge in [-0.3, -0.25) is 9.59 Å². The summed E-state index contributed by atoms with van der Waals surface area (Å²) in [5, 5.41) is 0. The van der Waals surface area contributed by atoms with Crippen LogP contribution in [0.25, 0.3) is 12.2 Å². The molecule has 0 saturated carbocycles. The second-order valence-corrected chi connectivity index (χ2v) is 9.69. The molecule has 0 aromatic heterocycles. The van der Waals surface area contributed by atoms with Crippen LogP contribution >= 0.6 is 0 Å². The van der Waals surface area contributed by atoms with Gasteiger partial charge in [-0.25, -0.2) is 0 Å². The molecule has 2 heterocycles. The molecule has 0 radical (unpaired) electrons. The Bertz CT molecular complexity index is 818. The van der Waals surface area contributed by atoms with Crippen molar-refractivity contribution in [2.75, 3.05) is 0 Å². The van der Waals surface area contributed by atoms with Crippen LogP contribution in [-0.4, -0.2) is 34.0 Å². The van der Waals surface area contributed by atoms with E-state index in [-0.39, 0.29) is 11.6 Å². The van der Waals surface area contributed by atoms with Crippen molar-refractivity contribution in [3.63, 3.8) is 0 Å². The van der Waals surface area contributed by atoms with Crippen molar-refractivity contribution in [1.29, 1.82) is 0 Å². The van der Waals surface area contributed by atoms with Crippen LogP contribution in [0.15, 0.2) is 35.4 Å². The summed E-state index contributed by atoms with van der Waals surface area (Å²) in [6, 6.07) is 7.80. The highest BCUT2D eigenvalue weighted by atomic mass is 16.5. The molecule has 0 aliphatic carbocycles. The van der Waals surface area contributed by atoms with E-state index in [0.29, 0.717) is 11.1 Å². The predicted molar refractivity (Wildman–Crippen MR) is 111 cm³/mol. The number of hydrogen-bond donors (Lipinski definition) is 0. The molecule has 1 aromatic carbocycles. The van der Waals surface area contributed by atoms with E-state index in [2.05, 4.69) is 0 Å². The maximum atomic E-state index is 12.7. The van der Waals surface area contributed by atoms with E-state index in [0.717, 1.165) is 11.1 Å². The van der Waals surface area contributed by atoms with Crippen LogP contribution in [0.4, 0.5) is 0 Å². The lowest BCUT2D eigenvalue weighted by Crippen LogP contribution is -2.29. The number of hydrogen-bond acceptors (Lipinski definition) is 4. The third kappa shape index (κ3) is 3.51. The van der Waals surface area contributed by atoms with Crippen molar-refractivity contribution in [2.45, 2.75) is 77.8 Å². The van der Waals surface area contributed by atoms with E-state index < -0.39 is 22.4 Å². The molecule has 0 unspecified atom stereocenters. The lowest BCUT2D eigenvalue weighted by Gasteiger charge is -2.22. The molecule has 2 saturated heterocycles. The van der Waals surface area contributed by atoms with E-state index in [1.165, 1.54) is 0 Å². The Kier molecular flexibility index (Phi) is 4.60. The Labute approximate surface area is 167 Å². The van der Waals surface area contributed by atoms with Crippen LogP contribution in [0.2, 0.25) is 0 Å². The largest absolute Gasteiger partial charge is 0.357 e. The van der Waals surface area contributed by atoms with Crippen LogP contribution < -0.4 is 0 Å². The molecular formula is C24H30O4. The van der Waals surface area contributed by atoms with Crippen LogP contribution in [0.5, 0.6) is 0 Å². The Morgan fingerprint density at radius 3 is 1.07 bits per heavy atom. The van der Waals surface area contributed by atoms with Gasteiger partial charge in [-0.1, -0.05) is 24.3 Å². The van der Waals surface area contributed by atoms with Crippen molar-refractivity contribution < 1.29 is 19.1 Å². The van der Waals surface area contributed by atoms with Gasteiger partial charge in [0.05, 0.1) is 11.2 Å². The molecule has 0 amide bonds. The molecule has 28 heavy (non-hydrogen) atoms. The summed E-state index contributed by atoms with van der Waals surface area (Å²) in [5.74, 6) is 0.0303. The number of Topliss-reactive ketones (excluding diaryl/α,β-unsaturated/α-hetero) is 2. The number of rotatable bonds is 2. The smallest absolute Gasteiger partial charge is 0.192 e. The van der Waals surface area contributed by atoms with Gasteiger partial charge in [0, 0.05) is 11.1 Å². The first kappa shape index (κ1) is 20.7. The van der Waals surface area contributed by atoms with E-state index >= 15 is 0 Å². The third-order valence-electron chi connectivity index (χ3n) is 5.46. The molecule has 0 atom stereocenters. The Hall–Kier alpha value is -2.04. The molecule has 4 heteroatoms. The van der Waals surface area contributed by atoms with Gasteiger partial charge in [0.2, 0.25) is 0 Å². The summed E-state index contributed by atoms with van der Waals surface area (Å²) in [6.07, 6.45) is 3.79. The van der Waals surface area contributed by atoms with Gasteiger partial charge in [0.25, 0.3) is 0 Å². The summed E-state index contributed by atoms with van der Waals surface area (Å²) in [4.78, 5) is 25.3. The Morgan fingerprint density at radius 1 is 0.571 bits per heavy atom. The third-order valence-corrected chi connectivity index (χ3v) is 5.46. The minimum atomic E-state index is -0.805. The quantitative estimate of drug-likeness (QED) is 0.692. The Balaban J connectivity index is 1.91. The fourth-order valence-electron chi connectivity index (χ4n) is 4.17. The number of ketones is 2. The molecule has 150 valence electrons. The summed E-state index contributed by atoms with van der Waals surface area (Å²) < 4.78 is 11.8. The van der Waals surface area contributed by atoms with E-state index in [1.54, 1.807) is 27.7 Å². The number of carbonyl (C=O) groups excluding carboxylic acids is 2. The molecule has 0 N–H and O–H groups in total. The predicted octanol–water partition coefficient (Wildman–Crippen LogP) is 4.77. The maximum absolute atomic E-state index is 12.7. The number of benzene rings is 1. The average molecular weight is 383 g/mol. The summed E-state index contributed by atoms with van der Waals surface area (Å²) in [5.41, 5.74) is 0.343. The summed E-state index contributed by atoms with van der Waals surface area (Å²) in [6.45, 7) is 14.9. The van der Waals surface area contributed by atoms with Crippen molar-refractivity contribution in [3.05, 3.63) is 46.5 Å². The molecule has 2 aliphatic rings. The maximum Gasteiger partial charge on any atom is 0.192 e. The molecule has 1 aromatic rings. The lowest BCUT2D eigenvalue weighted by atomic mass is 9.89. The standard InChI is InChI=1S/C24H30O4/c1-21(2)17(19(25)23(5,6)27-21)13-15-9-11-16(12-10-15)14-18-20(26)24(7,8)28-22(18,3)4/h9-14H,1-8H3/b17-13-,18-14-. The zero-order chi connectivity index (χ0) is 21.1. The van der Waals surface area contributed by atoms with Crippen molar-refractivity contribution in [1.82, 2.24) is 0 Å². The second-order valence-electron chi connectivity index (χ2n) is 9.69. The molecule has 2 fully saturated rings. The number of ether oxygens (including phenoxy) is 2. The van der Waals surface area contributed by atoms with Crippen LogP contribution in [0.3, 0.4) is 0 Å². The minimum Gasteiger partial charge on any atom is -0.357 e. The SMILES string of the molecule is CC1(C)OC(C)(C)/C(=C\c2ccc(/C=C3/C(=O)C(C)(C)OC3(C)C)cc2)C1=O. The normalized spacial score (nSPS) is 27.7. The first-order valence-electron chi connectivity index (χ1n) is 9.70. The molecule has 0 spiro atoms. The van der Waals surface area contributed by atoms with Gasteiger partial charge in [-0.15, -0.1) is 0 Å².